The first kappa shape index (κ1) is 16.2. The van der Waals surface area contributed by atoms with Gasteiger partial charge in [-0.05, 0) is 24.3 Å². The smallest absolute Gasteiger partial charge is 0.288 e. The standard InChI is InChI=1S/C16H9ClF3N3O/c17-13-7-2-1-4-10(13)15(24)11-5-3-6-12(16(18,19)20)14(11)23-8-21-22-9-23/h1-9H. The average Bonchev–Trinajstić information content (AvgIpc) is 3.07. The van der Waals surface area contributed by atoms with E-state index in [0.29, 0.717) is 0 Å². The average molecular weight is 352 g/mol. The van der Waals surface area contributed by atoms with Gasteiger partial charge in [-0.15, -0.1) is 10.2 Å². The molecule has 0 atom stereocenters. The number of halogens is 4. The molecule has 1 aromatic heterocycles. The van der Waals surface area contributed by atoms with Crippen molar-refractivity contribution in [2.45, 2.75) is 6.18 Å². The number of ketones is 1. The van der Waals surface area contributed by atoms with Crippen LogP contribution in [0.2, 0.25) is 5.02 Å². The normalized spacial score (nSPS) is 11.5. The fourth-order valence-corrected chi connectivity index (χ4v) is 2.56. The predicted molar refractivity (Wildman–Crippen MR) is 81.2 cm³/mol. The van der Waals surface area contributed by atoms with E-state index in [1.165, 1.54) is 24.3 Å². The lowest BCUT2D eigenvalue weighted by Gasteiger charge is -2.16. The van der Waals surface area contributed by atoms with Crippen molar-refractivity contribution in [1.29, 1.82) is 0 Å². The predicted octanol–water partition coefficient (Wildman–Crippen LogP) is 4.17. The molecule has 0 aliphatic carbocycles. The molecule has 122 valence electrons. The Bertz CT molecular complexity index is 892. The van der Waals surface area contributed by atoms with Crippen molar-refractivity contribution < 1.29 is 18.0 Å². The Hall–Kier alpha value is -2.67. The Kier molecular flexibility index (Phi) is 4.11. The molecule has 2 aromatic carbocycles. The summed E-state index contributed by atoms with van der Waals surface area (Å²) in [6.07, 6.45) is -2.43. The highest BCUT2D eigenvalue weighted by Gasteiger charge is 2.36. The van der Waals surface area contributed by atoms with E-state index in [9.17, 15) is 18.0 Å². The number of alkyl halides is 3. The number of carbonyl (C=O) groups excluding carboxylic acids is 1. The molecule has 0 saturated carbocycles. The molecule has 4 nitrogen and oxygen atoms in total. The largest absolute Gasteiger partial charge is 0.418 e. The van der Waals surface area contributed by atoms with Crippen LogP contribution in [-0.2, 0) is 6.18 Å². The molecule has 0 fully saturated rings. The van der Waals surface area contributed by atoms with Crippen molar-refractivity contribution in [2.75, 3.05) is 0 Å². The van der Waals surface area contributed by atoms with E-state index in [-0.39, 0.29) is 21.8 Å². The summed E-state index contributed by atoms with van der Waals surface area (Å²) in [5.41, 5.74) is -1.31. The summed E-state index contributed by atoms with van der Waals surface area (Å²) in [4.78, 5) is 12.8. The number of hydrogen-bond donors (Lipinski definition) is 0. The minimum atomic E-state index is -4.64. The Morgan fingerprint density at radius 2 is 1.58 bits per heavy atom. The number of benzene rings is 2. The Morgan fingerprint density at radius 3 is 2.21 bits per heavy atom. The second-order valence-corrected chi connectivity index (χ2v) is 5.28. The lowest BCUT2D eigenvalue weighted by molar-refractivity contribution is -0.137. The summed E-state index contributed by atoms with van der Waals surface area (Å²) in [6.45, 7) is 0. The minimum absolute atomic E-state index is 0.118. The van der Waals surface area contributed by atoms with Crippen LogP contribution in [0.5, 0.6) is 0 Å². The molecule has 0 aliphatic heterocycles. The topological polar surface area (TPSA) is 47.8 Å². The van der Waals surface area contributed by atoms with E-state index in [2.05, 4.69) is 10.2 Å². The first-order chi connectivity index (χ1) is 11.4. The molecule has 0 amide bonds. The molecule has 8 heteroatoms. The maximum atomic E-state index is 13.4. The molecule has 3 rings (SSSR count). The first-order valence-corrected chi connectivity index (χ1v) is 7.12. The van der Waals surface area contributed by atoms with E-state index in [1.807, 2.05) is 0 Å². The third-order valence-corrected chi connectivity index (χ3v) is 3.71. The van der Waals surface area contributed by atoms with Crippen molar-refractivity contribution in [3.63, 3.8) is 0 Å². The van der Waals surface area contributed by atoms with Gasteiger partial charge in [0.15, 0.2) is 5.78 Å². The SMILES string of the molecule is O=C(c1ccccc1Cl)c1cccc(C(F)(F)F)c1-n1cnnc1. The van der Waals surface area contributed by atoms with Crippen molar-refractivity contribution in [3.8, 4) is 5.69 Å². The molecule has 0 spiro atoms. The van der Waals surface area contributed by atoms with Gasteiger partial charge in [-0.3, -0.25) is 9.36 Å². The van der Waals surface area contributed by atoms with Crippen LogP contribution in [0.25, 0.3) is 5.69 Å². The molecule has 0 bridgehead atoms. The fraction of sp³-hybridized carbons (Fsp3) is 0.0625. The number of aromatic nitrogens is 3. The zero-order valence-corrected chi connectivity index (χ0v) is 12.7. The zero-order chi connectivity index (χ0) is 17.3. The van der Waals surface area contributed by atoms with Gasteiger partial charge in [-0.25, -0.2) is 0 Å². The summed E-state index contributed by atoms with van der Waals surface area (Å²) in [6, 6.07) is 9.58. The van der Waals surface area contributed by atoms with Crippen LogP contribution < -0.4 is 0 Å². The second kappa shape index (κ2) is 6.09. The monoisotopic (exact) mass is 351 g/mol. The minimum Gasteiger partial charge on any atom is -0.288 e. The number of hydrogen-bond acceptors (Lipinski definition) is 3. The van der Waals surface area contributed by atoms with Gasteiger partial charge in [0.1, 0.15) is 12.7 Å². The van der Waals surface area contributed by atoms with E-state index in [0.717, 1.165) is 23.3 Å². The summed E-state index contributed by atoms with van der Waals surface area (Å²) < 4.78 is 41.2. The van der Waals surface area contributed by atoms with E-state index in [4.69, 9.17) is 11.6 Å². The highest BCUT2D eigenvalue weighted by atomic mass is 35.5. The van der Waals surface area contributed by atoms with Gasteiger partial charge in [-0.2, -0.15) is 13.2 Å². The van der Waals surface area contributed by atoms with Crippen molar-refractivity contribution in [3.05, 3.63) is 76.8 Å². The van der Waals surface area contributed by atoms with Crippen LogP contribution in [0.4, 0.5) is 13.2 Å². The molecule has 0 radical (unpaired) electrons. The summed E-state index contributed by atoms with van der Waals surface area (Å²) in [7, 11) is 0. The zero-order valence-electron chi connectivity index (χ0n) is 12.0. The van der Waals surface area contributed by atoms with Crippen LogP contribution in [0.15, 0.2) is 55.1 Å². The van der Waals surface area contributed by atoms with Gasteiger partial charge in [-0.1, -0.05) is 29.8 Å². The molecule has 0 unspecified atom stereocenters. The summed E-state index contributed by atoms with van der Waals surface area (Å²) in [5, 5.41) is 7.20. The Balaban J connectivity index is 2.26. The Morgan fingerprint density at radius 1 is 0.958 bits per heavy atom. The lowest BCUT2D eigenvalue weighted by atomic mass is 9.98. The van der Waals surface area contributed by atoms with E-state index in [1.54, 1.807) is 12.1 Å². The van der Waals surface area contributed by atoms with Crippen molar-refractivity contribution in [2.24, 2.45) is 0 Å². The highest BCUT2D eigenvalue weighted by molar-refractivity contribution is 6.35. The molecular formula is C16H9ClF3N3O. The van der Waals surface area contributed by atoms with Crippen LogP contribution in [-0.4, -0.2) is 20.5 Å². The van der Waals surface area contributed by atoms with Crippen LogP contribution in [0.1, 0.15) is 21.5 Å². The molecule has 24 heavy (non-hydrogen) atoms. The Labute approximate surface area is 139 Å². The third-order valence-electron chi connectivity index (χ3n) is 3.38. The second-order valence-electron chi connectivity index (χ2n) is 4.88. The van der Waals surface area contributed by atoms with Crippen LogP contribution >= 0.6 is 11.6 Å². The quantitative estimate of drug-likeness (QED) is 0.665. The van der Waals surface area contributed by atoms with Gasteiger partial charge >= 0.3 is 6.18 Å². The molecule has 1 heterocycles. The van der Waals surface area contributed by atoms with Crippen molar-refractivity contribution in [1.82, 2.24) is 14.8 Å². The number of para-hydroxylation sites is 1. The van der Waals surface area contributed by atoms with Gasteiger partial charge < -0.3 is 0 Å². The van der Waals surface area contributed by atoms with Crippen LogP contribution in [0.3, 0.4) is 0 Å². The third kappa shape index (κ3) is 2.90. The maximum Gasteiger partial charge on any atom is 0.418 e. The molecule has 0 saturated heterocycles. The van der Waals surface area contributed by atoms with Gasteiger partial charge in [0.25, 0.3) is 0 Å². The van der Waals surface area contributed by atoms with Gasteiger partial charge in [0.05, 0.1) is 16.3 Å². The molecule has 3 aromatic rings. The lowest BCUT2D eigenvalue weighted by Crippen LogP contribution is -2.15. The molecular weight excluding hydrogens is 343 g/mol. The first-order valence-electron chi connectivity index (χ1n) is 6.74. The molecule has 0 aliphatic rings. The molecule has 0 N–H and O–H groups in total. The number of rotatable bonds is 3. The van der Waals surface area contributed by atoms with E-state index < -0.39 is 17.5 Å². The number of carbonyl (C=O) groups is 1. The fourth-order valence-electron chi connectivity index (χ4n) is 2.34. The number of nitrogens with zero attached hydrogens (tertiary/aromatic N) is 3. The maximum absolute atomic E-state index is 13.4. The van der Waals surface area contributed by atoms with Gasteiger partial charge in [0.2, 0.25) is 0 Å². The summed E-state index contributed by atoms with van der Waals surface area (Å²) in [5.74, 6) is -0.615. The van der Waals surface area contributed by atoms with Gasteiger partial charge in [0, 0.05) is 11.1 Å². The summed E-state index contributed by atoms with van der Waals surface area (Å²) >= 11 is 6.00. The van der Waals surface area contributed by atoms with Crippen LogP contribution in [0, 0.1) is 0 Å². The highest BCUT2D eigenvalue weighted by Crippen LogP contribution is 2.36. The van der Waals surface area contributed by atoms with Crippen molar-refractivity contribution >= 4 is 17.4 Å². The van der Waals surface area contributed by atoms with E-state index >= 15 is 0 Å².